The van der Waals surface area contributed by atoms with Crippen LogP contribution in [0.25, 0.3) is 0 Å². The maximum atomic E-state index is 11.3. The number of anilines is 1. The lowest BCUT2D eigenvalue weighted by atomic mass is 9.94. The van der Waals surface area contributed by atoms with E-state index in [0.29, 0.717) is 5.13 Å². The van der Waals surface area contributed by atoms with E-state index in [0.717, 1.165) is 0 Å². The quantitative estimate of drug-likeness (QED) is 0.725. The molecule has 3 N–H and O–H groups in total. The summed E-state index contributed by atoms with van der Waals surface area (Å²) < 4.78 is 0. The highest BCUT2D eigenvalue weighted by atomic mass is 32.1. The lowest BCUT2D eigenvalue weighted by Gasteiger charge is -2.19. The highest BCUT2D eigenvalue weighted by Crippen LogP contribution is 2.13. The first-order valence-electron chi connectivity index (χ1n) is 4.46. The number of urea groups is 1. The van der Waals surface area contributed by atoms with Gasteiger partial charge in [-0.3, -0.25) is 10.1 Å². The Morgan fingerprint density at radius 1 is 1.56 bits per heavy atom. The predicted octanol–water partition coefficient (Wildman–Crippen LogP) is 0.770. The van der Waals surface area contributed by atoms with E-state index in [4.69, 9.17) is 5.11 Å². The zero-order valence-electron chi connectivity index (χ0n) is 8.85. The van der Waals surface area contributed by atoms with Gasteiger partial charge in [-0.2, -0.15) is 0 Å². The largest absolute Gasteiger partial charge is 0.481 e. The molecule has 0 unspecified atom stereocenters. The zero-order chi connectivity index (χ0) is 12.2. The van der Waals surface area contributed by atoms with Gasteiger partial charge in [-0.25, -0.2) is 4.79 Å². The summed E-state index contributed by atoms with van der Waals surface area (Å²) in [6.45, 7) is 3.09. The van der Waals surface area contributed by atoms with Crippen molar-refractivity contribution in [1.82, 2.24) is 15.5 Å². The van der Waals surface area contributed by atoms with Gasteiger partial charge in [-0.1, -0.05) is 11.3 Å². The smallest absolute Gasteiger partial charge is 0.321 e. The fourth-order valence-electron chi connectivity index (χ4n) is 0.746. The third-order valence-corrected chi connectivity index (χ3v) is 2.46. The topological polar surface area (TPSA) is 104 Å². The summed E-state index contributed by atoms with van der Waals surface area (Å²) in [5.41, 5.74) is 0.481. The van der Waals surface area contributed by atoms with Gasteiger partial charge >= 0.3 is 12.0 Å². The second-order valence-electron chi connectivity index (χ2n) is 3.74. The second kappa shape index (κ2) is 4.88. The van der Waals surface area contributed by atoms with Crippen molar-refractivity contribution < 1.29 is 14.7 Å². The average Bonchev–Trinajstić information content (AvgIpc) is 2.67. The maximum absolute atomic E-state index is 11.3. The number of nitrogens with zero attached hydrogens (tertiary/aromatic N) is 2. The Hall–Kier alpha value is -1.70. The van der Waals surface area contributed by atoms with E-state index in [1.807, 2.05) is 0 Å². The Morgan fingerprint density at radius 2 is 2.25 bits per heavy atom. The van der Waals surface area contributed by atoms with Gasteiger partial charge < -0.3 is 10.4 Å². The van der Waals surface area contributed by atoms with Crippen molar-refractivity contribution in [2.24, 2.45) is 5.41 Å². The van der Waals surface area contributed by atoms with E-state index in [2.05, 4.69) is 20.8 Å². The number of aliphatic carboxylic acids is 1. The molecule has 0 aliphatic rings. The molecule has 7 nitrogen and oxygen atoms in total. The van der Waals surface area contributed by atoms with Crippen molar-refractivity contribution in [3.8, 4) is 0 Å². The molecule has 1 heterocycles. The number of hydrogen-bond acceptors (Lipinski definition) is 5. The summed E-state index contributed by atoms with van der Waals surface area (Å²) in [5, 5.41) is 21.2. The van der Waals surface area contributed by atoms with E-state index in [1.54, 1.807) is 0 Å². The monoisotopic (exact) mass is 244 g/mol. The van der Waals surface area contributed by atoms with Crippen molar-refractivity contribution in [3.63, 3.8) is 0 Å². The molecule has 0 spiro atoms. The number of carboxylic acid groups (broad SMARTS) is 1. The van der Waals surface area contributed by atoms with E-state index in [-0.39, 0.29) is 6.54 Å². The minimum atomic E-state index is -1.00. The normalized spacial score (nSPS) is 10.9. The van der Waals surface area contributed by atoms with Crippen LogP contribution in [-0.4, -0.2) is 33.8 Å². The zero-order valence-corrected chi connectivity index (χ0v) is 9.67. The molecule has 0 radical (unpaired) electrons. The lowest BCUT2D eigenvalue weighted by molar-refractivity contribution is -0.146. The first-order valence-corrected chi connectivity index (χ1v) is 5.34. The van der Waals surface area contributed by atoms with Crippen LogP contribution in [0.4, 0.5) is 9.93 Å². The van der Waals surface area contributed by atoms with Crippen LogP contribution < -0.4 is 10.6 Å². The molecule has 88 valence electrons. The van der Waals surface area contributed by atoms with Crippen LogP contribution in [0, 0.1) is 5.41 Å². The Kier molecular flexibility index (Phi) is 3.78. The summed E-state index contributed by atoms with van der Waals surface area (Å²) in [4.78, 5) is 22.1. The van der Waals surface area contributed by atoms with Crippen molar-refractivity contribution in [2.45, 2.75) is 13.8 Å². The molecular formula is C8H12N4O3S. The Morgan fingerprint density at radius 3 is 2.75 bits per heavy atom. The first-order chi connectivity index (χ1) is 7.42. The molecule has 1 aromatic rings. The molecule has 0 aromatic carbocycles. The number of carbonyl (C=O) groups is 2. The fourth-order valence-corrected chi connectivity index (χ4v) is 1.19. The van der Waals surface area contributed by atoms with Crippen LogP contribution >= 0.6 is 11.3 Å². The van der Waals surface area contributed by atoms with Gasteiger partial charge in [0.15, 0.2) is 0 Å². The molecule has 0 aliphatic carbocycles. The molecule has 1 aromatic heterocycles. The molecule has 0 saturated heterocycles. The van der Waals surface area contributed by atoms with Crippen molar-refractivity contribution in [1.29, 1.82) is 0 Å². The number of hydrogen-bond donors (Lipinski definition) is 3. The average molecular weight is 244 g/mol. The molecule has 0 fully saturated rings. The Bertz CT molecular complexity index is 377. The van der Waals surface area contributed by atoms with Crippen LogP contribution in [0.15, 0.2) is 5.51 Å². The molecule has 0 aliphatic heterocycles. The molecule has 2 amide bonds. The van der Waals surface area contributed by atoms with Gasteiger partial charge in [-0.15, -0.1) is 10.2 Å². The van der Waals surface area contributed by atoms with Gasteiger partial charge in [0.2, 0.25) is 5.13 Å². The number of nitrogens with one attached hydrogen (secondary N) is 2. The Balaban J connectivity index is 2.39. The van der Waals surface area contributed by atoms with Crippen molar-refractivity contribution >= 4 is 28.5 Å². The lowest BCUT2D eigenvalue weighted by Crippen LogP contribution is -2.40. The van der Waals surface area contributed by atoms with E-state index in [1.165, 1.54) is 30.7 Å². The van der Waals surface area contributed by atoms with E-state index < -0.39 is 17.4 Å². The highest BCUT2D eigenvalue weighted by molar-refractivity contribution is 7.13. The number of carbonyl (C=O) groups excluding carboxylic acids is 1. The number of rotatable bonds is 4. The first kappa shape index (κ1) is 12.4. The number of aromatic nitrogens is 2. The molecule has 0 bridgehead atoms. The van der Waals surface area contributed by atoms with Gasteiger partial charge in [0, 0.05) is 6.54 Å². The standard InChI is InChI=1S/C8H12N4O3S/c1-8(2,5(13)14)3-9-6(15)11-7-12-10-4-16-7/h4H,3H2,1-2H3,(H,13,14)(H2,9,11,12,15). The summed E-state index contributed by atoms with van der Waals surface area (Å²) >= 11 is 1.18. The van der Waals surface area contributed by atoms with Crippen LogP contribution in [0.3, 0.4) is 0 Å². The fraction of sp³-hybridized carbons (Fsp3) is 0.500. The maximum Gasteiger partial charge on any atom is 0.321 e. The second-order valence-corrected chi connectivity index (χ2v) is 4.57. The summed E-state index contributed by atoms with van der Waals surface area (Å²) in [5.74, 6) is -0.969. The van der Waals surface area contributed by atoms with Gasteiger partial charge in [0.05, 0.1) is 5.41 Å². The minimum absolute atomic E-state index is 0.0347. The van der Waals surface area contributed by atoms with Gasteiger partial charge in [0.1, 0.15) is 5.51 Å². The van der Waals surface area contributed by atoms with E-state index in [9.17, 15) is 9.59 Å². The Labute approximate surface area is 95.9 Å². The van der Waals surface area contributed by atoms with Crippen molar-refractivity contribution in [3.05, 3.63) is 5.51 Å². The van der Waals surface area contributed by atoms with Crippen LogP contribution in [0.1, 0.15) is 13.8 Å². The van der Waals surface area contributed by atoms with Crippen LogP contribution in [-0.2, 0) is 4.79 Å². The molecule has 1 rings (SSSR count). The minimum Gasteiger partial charge on any atom is -0.481 e. The van der Waals surface area contributed by atoms with Crippen LogP contribution in [0.5, 0.6) is 0 Å². The van der Waals surface area contributed by atoms with Crippen molar-refractivity contribution in [2.75, 3.05) is 11.9 Å². The molecular weight excluding hydrogens is 232 g/mol. The molecule has 8 heteroatoms. The number of carboxylic acids is 1. The summed E-state index contributed by atoms with van der Waals surface area (Å²) in [7, 11) is 0. The summed E-state index contributed by atoms with van der Waals surface area (Å²) in [6, 6.07) is -0.494. The molecule has 16 heavy (non-hydrogen) atoms. The third kappa shape index (κ3) is 3.46. The SMILES string of the molecule is CC(C)(CNC(=O)Nc1nncs1)C(=O)O. The van der Waals surface area contributed by atoms with Gasteiger partial charge in [0.25, 0.3) is 0 Å². The van der Waals surface area contributed by atoms with E-state index >= 15 is 0 Å². The third-order valence-electron chi connectivity index (χ3n) is 1.85. The van der Waals surface area contributed by atoms with Crippen LogP contribution in [0.2, 0.25) is 0 Å². The number of amides is 2. The van der Waals surface area contributed by atoms with Gasteiger partial charge in [-0.05, 0) is 13.8 Å². The predicted molar refractivity (Wildman–Crippen MR) is 58.3 cm³/mol. The molecule has 0 atom stereocenters. The highest BCUT2D eigenvalue weighted by Gasteiger charge is 2.27. The summed E-state index contributed by atoms with van der Waals surface area (Å²) in [6.07, 6.45) is 0. The molecule has 0 saturated carbocycles.